The number of allylic oxidation sites excluding steroid dienone is 1. The molecule has 2 nitrogen and oxygen atoms in total. The number of carbonyl (C=O) groups is 1. The van der Waals surface area contributed by atoms with Crippen LogP contribution in [0, 0.1) is 18.3 Å². The standard InChI is InChI=1S/C19H26O2/c1-6-21-18(20)19(5)16(13(2)3)10-11-17(19)15-9-7-8-14(4)12-15/h7-9,12,16-17H,2,6,10-11H2,1,3-5H3/t16-,17-,19+/m1/s1. The van der Waals surface area contributed by atoms with Gasteiger partial charge in [0.1, 0.15) is 0 Å². The lowest BCUT2D eigenvalue weighted by molar-refractivity contribution is -0.157. The zero-order valence-electron chi connectivity index (χ0n) is 13.6. The molecule has 2 heteroatoms. The van der Waals surface area contributed by atoms with Crippen LogP contribution in [-0.2, 0) is 9.53 Å². The first kappa shape index (κ1) is 15.8. The molecular formula is C19H26O2. The van der Waals surface area contributed by atoms with Crippen LogP contribution in [0.1, 0.15) is 50.7 Å². The molecule has 0 spiro atoms. The summed E-state index contributed by atoms with van der Waals surface area (Å²) in [6.07, 6.45) is 2.01. The average Bonchev–Trinajstić information content (AvgIpc) is 2.78. The van der Waals surface area contributed by atoms with Gasteiger partial charge in [-0.3, -0.25) is 4.79 Å². The molecule has 3 atom stereocenters. The first-order chi connectivity index (χ1) is 9.91. The first-order valence-electron chi connectivity index (χ1n) is 7.80. The van der Waals surface area contributed by atoms with E-state index in [1.54, 1.807) is 0 Å². The molecule has 114 valence electrons. The molecule has 0 N–H and O–H groups in total. The summed E-state index contributed by atoms with van der Waals surface area (Å²) in [5.41, 5.74) is 3.06. The van der Waals surface area contributed by atoms with Gasteiger partial charge >= 0.3 is 5.97 Å². The molecule has 0 aliphatic heterocycles. The van der Waals surface area contributed by atoms with Crippen molar-refractivity contribution in [3.8, 4) is 0 Å². The second-order valence-electron chi connectivity index (χ2n) is 6.45. The molecular weight excluding hydrogens is 260 g/mol. The first-order valence-corrected chi connectivity index (χ1v) is 7.80. The fraction of sp³-hybridized carbons (Fsp3) is 0.526. The van der Waals surface area contributed by atoms with Crippen molar-refractivity contribution < 1.29 is 9.53 Å². The lowest BCUT2D eigenvalue weighted by Crippen LogP contribution is -2.38. The number of hydrogen-bond acceptors (Lipinski definition) is 2. The van der Waals surface area contributed by atoms with Crippen LogP contribution in [0.4, 0.5) is 0 Å². The molecule has 1 fully saturated rings. The molecule has 0 aromatic heterocycles. The topological polar surface area (TPSA) is 26.3 Å². The van der Waals surface area contributed by atoms with Crippen LogP contribution in [-0.4, -0.2) is 12.6 Å². The molecule has 1 saturated carbocycles. The van der Waals surface area contributed by atoms with Gasteiger partial charge in [0, 0.05) is 5.92 Å². The summed E-state index contributed by atoms with van der Waals surface area (Å²) < 4.78 is 5.41. The second kappa shape index (κ2) is 6.05. The van der Waals surface area contributed by atoms with E-state index in [9.17, 15) is 4.79 Å². The Morgan fingerprint density at radius 3 is 2.71 bits per heavy atom. The molecule has 2 rings (SSSR count). The van der Waals surface area contributed by atoms with Crippen LogP contribution < -0.4 is 0 Å². The lowest BCUT2D eigenvalue weighted by Gasteiger charge is -2.35. The average molecular weight is 286 g/mol. The van der Waals surface area contributed by atoms with Crippen molar-refractivity contribution in [2.24, 2.45) is 11.3 Å². The molecule has 1 aromatic carbocycles. The highest BCUT2D eigenvalue weighted by Gasteiger charge is 2.53. The Balaban J connectivity index is 2.45. The quantitative estimate of drug-likeness (QED) is 0.595. The smallest absolute Gasteiger partial charge is 0.313 e. The Bertz CT molecular complexity index is 546. The monoisotopic (exact) mass is 286 g/mol. The van der Waals surface area contributed by atoms with Gasteiger partial charge in [-0.15, -0.1) is 0 Å². The SMILES string of the molecule is C=C(C)[C@H]1CC[C@H](c2cccc(C)c2)[C@@]1(C)C(=O)OCC. The molecule has 0 bridgehead atoms. The van der Waals surface area contributed by atoms with E-state index in [1.165, 1.54) is 11.1 Å². The van der Waals surface area contributed by atoms with E-state index in [1.807, 2.05) is 13.8 Å². The summed E-state index contributed by atoms with van der Waals surface area (Å²) in [7, 11) is 0. The molecule has 0 heterocycles. The minimum absolute atomic E-state index is 0.0815. The van der Waals surface area contributed by atoms with Crippen molar-refractivity contribution >= 4 is 5.97 Å². The summed E-state index contributed by atoms with van der Waals surface area (Å²) in [5, 5.41) is 0. The maximum absolute atomic E-state index is 12.7. The Morgan fingerprint density at radius 2 is 2.14 bits per heavy atom. The fourth-order valence-electron chi connectivity index (χ4n) is 3.90. The van der Waals surface area contributed by atoms with Gasteiger partial charge in [-0.25, -0.2) is 0 Å². The van der Waals surface area contributed by atoms with E-state index in [0.29, 0.717) is 6.61 Å². The van der Waals surface area contributed by atoms with Gasteiger partial charge in [0.2, 0.25) is 0 Å². The zero-order valence-corrected chi connectivity index (χ0v) is 13.6. The van der Waals surface area contributed by atoms with Crippen molar-refractivity contribution in [3.63, 3.8) is 0 Å². The summed E-state index contributed by atoms with van der Waals surface area (Å²) >= 11 is 0. The Kier molecular flexibility index (Phi) is 4.55. The van der Waals surface area contributed by atoms with Gasteiger partial charge in [0.05, 0.1) is 12.0 Å². The van der Waals surface area contributed by atoms with Gasteiger partial charge in [0.25, 0.3) is 0 Å². The number of carbonyl (C=O) groups excluding carboxylic acids is 1. The normalized spacial score (nSPS) is 28.4. The zero-order chi connectivity index (χ0) is 15.6. The Morgan fingerprint density at radius 1 is 1.43 bits per heavy atom. The van der Waals surface area contributed by atoms with Crippen molar-refractivity contribution in [2.45, 2.75) is 46.5 Å². The third kappa shape index (κ3) is 2.76. The number of esters is 1. The van der Waals surface area contributed by atoms with Gasteiger partial charge in [-0.05, 0) is 52.0 Å². The summed E-state index contributed by atoms with van der Waals surface area (Å²) in [4.78, 5) is 12.7. The van der Waals surface area contributed by atoms with E-state index in [0.717, 1.165) is 18.4 Å². The Labute approximate surface area is 128 Å². The van der Waals surface area contributed by atoms with E-state index in [-0.39, 0.29) is 17.8 Å². The third-order valence-electron chi connectivity index (χ3n) is 4.95. The van der Waals surface area contributed by atoms with Crippen LogP contribution in [0.3, 0.4) is 0 Å². The van der Waals surface area contributed by atoms with Gasteiger partial charge in [-0.2, -0.15) is 0 Å². The van der Waals surface area contributed by atoms with Crippen molar-refractivity contribution in [3.05, 3.63) is 47.5 Å². The highest BCUT2D eigenvalue weighted by Crippen LogP contribution is 2.55. The van der Waals surface area contributed by atoms with E-state index >= 15 is 0 Å². The van der Waals surface area contributed by atoms with Crippen LogP contribution >= 0.6 is 0 Å². The van der Waals surface area contributed by atoms with Crippen LogP contribution in [0.15, 0.2) is 36.4 Å². The van der Waals surface area contributed by atoms with Gasteiger partial charge < -0.3 is 4.74 Å². The molecule has 21 heavy (non-hydrogen) atoms. The molecule has 1 aliphatic carbocycles. The van der Waals surface area contributed by atoms with E-state index in [2.05, 4.69) is 44.7 Å². The number of ether oxygens (including phenoxy) is 1. The summed E-state index contributed by atoms with van der Waals surface area (Å²) in [5.74, 6) is 0.321. The van der Waals surface area contributed by atoms with E-state index in [4.69, 9.17) is 4.74 Å². The summed E-state index contributed by atoms with van der Waals surface area (Å²) in [6.45, 7) is 12.6. The van der Waals surface area contributed by atoms with Crippen molar-refractivity contribution in [1.29, 1.82) is 0 Å². The third-order valence-corrected chi connectivity index (χ3v) is 4.95. The number of hydrogen-bond donors (Lipinski definition) is 0. The van der Waals surface area contributed by atoms with Gasteiger partial charge in [0.15, 0.2) is 0 Å². The highest BCUT2D eigenvalue weighted by molar-refractivity contribution is 5.79. The lowest BCUT2D eigenvalue weighted by atomic mass is 9.69. The molecule has 1 aliphatic rings. The highest BCUT2D eigenvalue weighted by atomic mass is 16.5. The molecule has 1 aromatic rings. The van der Waals surface area contributed by atoms with E-state index < -0.39 is 5.41 Å². The number of rotatable bonds is 4. The predicted molar refractivity (Wildman–Crippen MR) is 86.2 cm³/mol. The summed E-state index contributed by atoms with van der Waals surface area (Å²) in [6, 6.07) is 8.50. The van der Waals surface area contributed by atoms with Crippen LogP contribution in [0.5, 0.6) is 0 Å². The van der Waals surface area contributed by atoms with Crippen LogP contribution in [0.25, 0.3) is 0 Å². The fourth-order valence-corrected chi connectivity index (χ4v) is 3.90. The molecule has 0 radical (unpaired) electrons. The number of aryl methyl sites for hydroxylation is 1. The largest absolute Gasteiger partial charge is 0.466 e. The van der Waals surface area contributed by atoms with Gasteiger partial charge in [-0.1, -0.05) is 42.0 Å². The van der Waals surface area contributed by atoms with Crippen molar-refractivity contribution in [1.82, 2.24) is 0 Å². The second-order valence-corrected chi connectivity index (χ2v) is 6.45. The van der Waals surface area contributed by atoms with Crippen molar-refractivity contribution in [2.75, 3.05) is 6.61 Å². The predicted octanol–water partition coefficient (Wildman–Crippen LogP) is 4.63. The maximum atomic E-state index is 12.7. The maximum Gasteiger partial charge on any atom is 0.313 e. The molecule has 0 saturated heterocycles. The minimum Gasteiger partial charge on any atom is -0.466 e. The molecule has 0 amide bonds. The van der Waals surface area contributed by atoms with Crippen LogP contribution in [0.2, 0.25) is 0 Å². The molecule has 0 unspecified atom stereocenters. The minimum atomic E-state index is -0.504. The Hall–Kier alpha value is -1.57. The number of benzene rings is 1.